The van der Waals surface area contributed by atoms with Gasteiger partial charge in [-0.05, 0) is 54.2 Å². The van der Waals surface area contributed by atoms with Crippen molar-refractivity contribution < 1.29 is 9.59 Å². The fraction of sp³-hybridized carbons (Fsp3) is 0.462. The molecule has 0 radical (unpaired) electrons. The minimum atomic E-state index is -0.0806. The average molecular weight is 309 g/mol. The smallest absolute Gasteiger partial charge is 0.238 e. The van der Waals surface area contributed by atoms with Gasteiger partial charge in [0.05, 0.1) is 5.69 Å². The molecule has 2 bridgehead atoms. The number of nitrogens with zero attached hydrogens (tertiary/aromatic N) is 2. The van der Waals surface area contributed by atoms with Crippen LogP contribution in [0.25, 0.3) is 0 Å². The molecule has 1 aliphatic heterocycles. The van der Waals surface area contributed by atoms with Gasteiger partial charge in [0.25, 0.3) is 0 Å². The molecule has 2 aliphatic rings. The third-order valence-electron chi connectivity index (χ3n) is 3.81. The molecule has 94 valence electrons. The van der Waals surface area contributed by atoms with Gasteiger partial charge in [0.2, 0.25) is 11.8 Å². The monoisotopic (exact) mass is 308 g/mol. The standard InChI is InChI=1S/C13H13BrN2O2/c1-7-10(14)4-5-11(15-7)16-12(17)8-2-3-9(6-8)13(16)18/h4-5,8-9H,2-3,6H2,1H3. The van der Waals surface area contributed by atoms with E-state index < -0.39 is 0 Å². The Labute approximate surface area is 114 Å². The number of fused-ring (bicyclic) bond motifs is 2. The quantitative estimate of drug-likeness (QED) is 0.749. The van der Waals surface area contributed by atoms with Gasteiger partial charge in [-0.25, -0.2) is 9.88 Å². The Morgan fingerprint density at radius 2 is 1.83 bits per heavy atom. The van der Waals surface area contributed by atoms with Crippen LogP contribution in [0.3, 0.4) is 0 Å². The van der Waals surface area contributed by atoms with E-state index in [2.05, 4.69) is 20.9 Å². The summed E-state index contributed by atoms with van der Waals surface area (Å²) in [4.78, 5) is 30.1. The lowest BCUT2D eigenvalue weighted by atomic mass is 9.97. The molecule has 2 amide bonds. The highest BCUT2D eigenvalue weighted by molar-refractivity contribution is 9.10. The SMILES string of the molecule is Cc1nc(N2C(=O)C3CCC(C3)C2=O)ccc1Br. The zero-order chi connectivity index (χ0) is 12.9. The molecule has 1 saturated carbocycles. The Balaban J connectivity index is 2.02. The second-order valence-electron chi connectivity index (χ2n) is 4.96. The molecule has 1 aliphatic carbocycles. The largest absolute Gasteiger partial charge is 0.274 e. The predicted octanol–water partition coefficient (Wildman–Crippen LogP) is 2.44. The summed E-state index contributed by atoms with van der Waals surface area (Å²) in [5.41, 5.74) is 0.783. The van der Waals surface area contributed by atoms with Gasteiger partial charge in [-0.15, -0.1) is 0 Å². The molecular formula is C13H13BrN2O2. The van der Waals surface area contributed by atoms with Gasteiger partial charge >= 0.3 is 0 Å². The van der Waals surface area contributed by atoms with Gasteiger partial charge in [-0.1, -0.05) is 0 Å². The molecule has 0 spiro atoms. The minimum Gasteiger partial charge on any atom is -0.274 e. The lowest BCUT2D eigenvalue weighted by molar-refractivity contribution is -0.133. The number of hydrogen-bond donors (Lipinski definition) is 0. The maximum Gasteiger partial charge on any atom is 0.238 e. The first-order valence-corrected chi connectivity index (χ1v) is 6.88. The van der Waals surface area contributed by atoms with E-state index in [4.69, 9.17) is 0 Å². The molecule has 0 N–H and O–H groups in total. The molecule has 1 saturated heterocycles. The van der Waals surface area contributed by atoms with E-state index in [-0.39, 0.29) is 23.7 Å². The lowest BCUT2D eigenvalue weighted by Crippen LogP contribution is -2.46. The van der Waals surface area contributed by atoms with Gasteiger partial charge in [-0.2, -0.15) is 0 Å². The number of aryl methyl sites for hydroxylation is 1. The predicted molar refractivity (Wildman–Crippen MR) is 70.0 cm³/mol. The van der Waals surface area contributed by atoms with E-state index in [1.807, 2.05) is 13.0 Å². The number of aromatic nitrogens is 1. The van der Waals surface area contributed by atoms with Crippen LogP contribution in [0.5, 0.6) is 0 Å². The van der Waals surface area contributed by atoms with Gasteiger partial charge in [0.1, 0.15) is 5.82 Å². The van der Waals surface area contributed by atoms with Crippen LogP contribution >= 0.6 is 15.9 Å². The number of anilines is 1. The van der Waals surface area contributed by atoms with Crippen molar-refractivity contribution in [2.24, 2.45) is 11.8 Å². The Morgan fingerprint density at radius 1 is 1.22 bits per heavy atom. The molecule has 0 aromatic carbocycles. The van der Waals surface area contributed by atoms with Gasteiger partial charge in [-0.3, -0.25) is 9.59 Å². The van der Waals surface area contributed by atoms with Gasteiger partial charge < -0.3 is 0 Å². The van der Waals surface area contributed by atoms with E-state index in [0.29, 0.717) is 5.82 Å². The van der Waals surface area contributed by atoms with Crippen LogP contribution in [0.1, 0.15) is 25.0 Å². The van der Waals surface area contributed by atoms with E-state index in [0.717, 1.165) is 29.4 Å². The number of halogens is 1. The van der Waals surface area contributed by atoms with E-state index >= 15 is 0 Å². The van der Waals surface area contributed by atoms with Crippen LogP contribution in [0, 0.1) is 18.8 Å². The molecule has 1 aromatic rings. The summed E-state index contributed by atoms with van der Waals surface area (Å²) in [5.74, 6) is 0.324. The van der Waals surface area contributed by atoms with E-state index in [1.165, 1.54) is 4.90 Å². The number of amides is 2. The normalized spacial score (nSPS) is 26.9. The highest BCUT2D eigenvalue weighted by Gasteiger charge is 2.46. The van der Waals surface area contributed by atoms with Crippen LogP contribution in [-0.2, 0) is 9.59 Å². The summed E-state index contributed by atoms with van der Waals surface area (Å²) in [6, 6.07) is 3.55. The second kappa shape index (κ2) is 4.16. The molecule has 2 atom stereocenters. The minimum absolute atomic E-state index is 0.0125. The summed E-state index contributed by atoms with van der Waals surface area (Å²) in [7, 11) is 0. The zero-order valence-electron chi connectivity index (χ0n) is 10.0. The Hall–Kier alpha value is -1.23. The number of pyridine rings is 1. The van der Waals surface area contributed by atoms with Crippen LogP contribution < -0.4 is 4.90 Å². The topological polar surface area (TPSA) is 50.3 Å². The highest BCUT2D eigenvalue weighted by atomic mass is 79.9. The number of carbonyl (C=O) groups excluding carboxylic acids is 2. The maximum atomic E-state index is 12.2. The van der Waals surface area contributed by atoms with Gasteiger partial charge in [0.15, 0.2) is 0 Å². The molecule has 2 heterocycles. The van der Waals surface area contributed by atoms with E-state index in [1.54, 1.807) is 6.07 Å². The van der Waals surface area contributed by atoms with Crippen LogP contribution in [-0.4, -0.2) is 16.8 Å². The molecular weight excluding hydrogens is 296 g/mol. The van der Waals surface area contributed by atoms with Crippen molar-refractivity contribution in [1.82, 2.24) is 4.98 Å². The fourth-order valence-electron chi connectivity index (χ4n) is 2.78. The van der Waals surface area contributed by atoms with Crippen LogP contribution in [0.4, 0.5) is 5.82 Å². The average Bonchev–Trinajstić information content (AvgIpc) is 2.78. The Kier molecular flexibility index (Phi) is 2.73. The molecule has 1 aromatic heterocycles. The summed E-state index contributed by atoms with van der Waals surface area (Å²) in [6.45, 7) is 1.85. The number of carbonyl (C=O) groups is 2. The Morgan fingerprint density at radius 3 is 2.39 bits per heavy atom. The molecule has 18 heavy (non-hydrogen) atoms. The summed E-state index contributed by atoms with van der Waals surface area (Å²) < 4.78 is 0.881. The molecule has 5 heteroatoms. The van der Waals surface area contributed by atoms with Crippen molar-refractivity contribution in [2.75, 3.05) is 4.90 Å². The first kappa shape index (κ1) is 11.8. The van der Waals surface area contributed by atoms with Crippen molar-refractivity contribution >= 4 is 33.6 Å². The summed E-state index contributed by atoms with van der Waals surface area (Å²) in [6.07, 6.45) is 2.40. The maximum absolute atomic E-state index is 12.2. The molecule has 2 fully saturated rings. The Bertz CT molecular complexity index is 522. The molecule has 3 rings (SSSR count). The third-order valence-corrected chi connectivity index (χ3v) is 4.65. The number of imide groups is 1. The lowest BCUT2D eigenvalue weighted by Gasteiger charge is -2.28. The number of hydrogen-bond acceptors (Lipinski definition) is 3. The second-order valence-corrected chi connectivity index (χ2v) is 5.81. The van der Waals surface area contributed by atoms with Crippen LogP contribution in [0.15, 0.2) is 16.6 Å². The number of piperidine rings is 1. The first-order chi connectivity index (χ1) is 8.58. The highest BCUT2D eigenvalue weighted by Crippen LogP contribution is 2.39. The van der Waals surface area contributed by atoms with Crippen molar-refractivity contribution in [3.8, 4) is 0 Å². The van der Waals surface area contributed by atoms with Gasteiger partial charge in [0, 0.05) is 16.3 Å². The fourth-order valence-corrected chi connectivity index (χ4v) is 3.01. The summed E-state index contributed by atoms with van der Waals surface area (Å²) >= 11 is 3.37. The third kappa shape index (κ3) is 1.68. The molecule has 2 unspecified atom stereocenters. The van der Waals surface area contributed by atoms with E-state index in [9.17, 15) is 9.59 Å². The van der Waals surface area contributed by atoms with Crippen molar-refractivity contribution in [3.05, 3.63) is 22.3 Å². The molecule has 4 nitrogen and oxygen atoms in total. The van der Waals surface area contributed by atoms with Crippen molar-refractivity contribution in [3.63, 3.8) is 0 Å². The van der Waals surface area contributed by atoms with Crippen molar-refractivity contribution in [1.29, 1.82) is 0 Å². The van der Waals surface area contributed by atoms with Crippen molar-refractivity contribution in [2.45, 2.75) is 26.2 Å². The summed E-state index contributed by atoms with van der Waals surface area (Å²) in [5, 5.41) is 0. The zero-order valence-corrected chi connectivity index (χ0v) is 11.6. The first-order valence-electron chi connectivity index (χ1n) is 6.09. The number of rotatable bonds is 1. The van der Waals surface area contributed by atoms with Crippen LogP contribution in [0.2, 0.25) is 0 Å².